The Morgan fingerprint density at radius 1 is 1.47 bits per heavy atom. The maximum atomic E-state index is 11.4. The van der Waals surface area contributed by atoms with Gasteiger partial charge in [-0.25, -0.2) is 0 Å². The van der Waals surface area contributed by atoms with Crippen LogP contribution in [0.15, 0.2) is 28.9 Å². The molecule has 0 saturated carbocycles. The predicted molar refractivity (Wildman–Crippen MR) is 81.0 cm³/mol. The third-order valence-electron chi connectivity index (χ3n) is 2.66. The first-order valence-corrected chi connectivity index (χ1v) is 6.75. The average molecular weight is 323 g/mol. The SMILES string of the molecule is CCNC(=O)CNc1ccc(N)c2cc(Br)cnc12. The lowest BCUT2D eigenvalue weighted by Crippen LogP contribution is -2.29. The Kier molecular flexibility index (Phi) is 4.21. The Labute approximate surface area is 119 Å². The topological polar surface area (TPSA) is 80.0 Å². The Hall–Kier alpha value is -1.82. The van der Waals surface area contributed by atoms with E-state index in [2.05, 4.69) is 31.5 Å². The van der Waals surface area contributed by atoms with Gasteiger partial charge in [-0.2, -0.15) is 0 Å². The molecule has 0 aliphatic heterocycles. The number of fused-ring (bicyclic) bond motifs is 1. The molecule has 0 spiro atoms. The van der Waals surface area contributed by atoms with Crippen molar-refractivity contribution in [2.45, 2.75) is 6.92 Å². The summed E-state index contributed by atoms with van der Waals surface area (Å²) in [6.07, 6.45) is 1.71. The van der Waals surface area contributed by atoms with Crippen LogP contribution in [0.25, 0.3) is 10.9 Å². The number of carbonyl (C=O) groups is 1. The van der Waals surface area contributed by atoms with Crippen molar-refractivity contribution in [1.82, 2.24) is 10.3 Å². The van der Waals surface area contributed by atoms with Gasteiger partial charge in [0.05, 0.1) is 17.7 Å². The number of nitrogens with two attached hydrogens (primary N) is 1. The van der Waals surface area contributed by atoms with Gasteiger partial charge in [-0.3, -0.25) is 9.78 Å². The summed E-state index contributed by atoms with van der Waals surface area (Å²) in [5.41, 5.74) is 8.14. The van der Waals surface area contributed by atoms with Crippen molar-refractivity contribution in [2.75, 3.05) is 24.1 Å². The van der Waals surface area contributed by atoms with Gasteiger partial charge < -0.3 is 16.4 Å². The molecule has 2 rings (SSSR count). The zero-order valence-corrected chi connectivity index (χ0v) is 12.1. The summed E-state index contributed by atoms with van der Waals surface area (Å²) in [5.74, 6) is -0.0513. The van der Waals surface area contributed by atoms with Gasteiger partial charge >= 0.3 is 0 Å². The molecule has 1 aromatic carbocycles. The number of hydrogen-bond donors (Lipinski definition) is 3. The smallest absolute Gasteiger partial charge is 0.239 e. The Morgan fingerprint density at radius 3 is 3.00 bits per heavy atom. The molecule has 4 N–H and O–H groups in total. The highest BCUT2D eigenvalue weighted by molar-refractivity contribution is 9.10. The minimum atomic E-state index is -0.0513. The number of anilines is 2. The van der Waals surface area contributed by atoms with Gasteiger partial charge in [0.2, 0.25) is 5.91 Å². The molecule has 1 amide bonds. The molecule has 1 aromatic heterocycles. The number of carbonyl (C=O) groups excluding carboxylic acids is 1. The first-order chi connectivity index (χ1) is 9.11. The fourth-order valence-corrected chi connectivity index (χ4v) is 2.12. The summed E-state index contributed by atoms with van der Waals surface area (Å²) >= 11 is 3.37. The predicted octanol–water partition coefficient (Wildman–Crippen LogP) is 2.13. The molecule has 0 radical (unpaired) electrons. The molecule has 1 heterocycles. The van der Waals surface area contributed by atoms with Crippen molar-refractivity contribution < 1.29 is 4.79 Å². The molecular weight excluding hydrogens is 308 g/mol. The fraction of sp³-hybridized carbons (Fsp3) is 0.231. The first kappa shape index (κ1) is 13.6. The minimum Gasteiger partial charge on any atom is -0.398 e. The molecule has 19 heavy (non-hydrogen) atoms. The largest absolute Gasteiger partial charge is 0.398 e. The number of hydrogen-bond acceptors (Lipinski definition) is 4. The van der Waals surface area contributed by atoms with Crippen LogP contribution in [0.3, 0.4) is 0 Å². The highest BCUT2D eigenvalue weighted by atomic mass is 79.9. The number of rotatable bonds is 4. The third kappa shape index (κ3) is 3.14. The monoisotopic (exact) mass is 322 g/mol. The van der Waals surface area contributed by atoms with E-state index in [0.29, 0.717) is 12.2 Å². The van der Waals surface area contributed by atoms with Crippen LogP contribution in [0.2, 0.25) is 0 Å². The van der Waals surface area contributed by atoms with E-state index < -0.39 is 0 Å². The van der Waals surface area contributed by atoms with E-state index in [-0.39, 0.29) is 12.5 Å². The van der Waals surface area contributed by atoms with Crippen molar-refractivity contribution in [3.8, 4) is 0 Å². The number of benzene rings is 1. The Morgan fingerprint density at radius 2 is 2.26 bits per heavy atom. The van der Waals surface area contributed by atoms with Gasteiger partial charge in [0.15, 0.2) is 0 Å². The van der Waals surface area contributed by atoms with Gasteiger partial charge in [-0.15, -0.1) is 0 Å². The molecular formula is C13H15BrN4O. The number of likely N-dealkylation sites (N-methyl/N-ethyl adjacent to an activating group) is 1. The third-order valence-corrected chi connectivity index (χ3v) is 3.10. The van der Waals surface area contributed by atoms with Crippen LogP contribution in [0, 0.1) is 0 Å². The van der Waals surface area contributed by atoms with Crippen molar-refractivity contribution in [2.24, 2.45) is 0 Å². The normalized spacial score (nSPS) is 10.4. The van der Waals surface area contributed by atoms with Crippen molar-refractivity contribution >= 4 is 44.1 Å². The second kappa shape index (κ2) is 5.88. The van der Waals surface area contributed by atoms with Crippen LogP contribution >= 0.6 is 15.9 Å². The van der Waals surface area contributed by atoms with E-state index in [1.165, 1.54) is 0 Å². The maximum absolute atomic E-state index is 11.4. The van der Waals surface area contributed by atoms with Crippen LogP contribution in [-0.2, 0) is 4.79 Å². The molecule has 0 bridgehead atoms. The van der Waals surface area contributed by atoms with Crippen LogP contribution in [0.1, 0.15) is 6.92 Å². The minimum absolute atomic E-state index is 0.0513. The molecule has 0 fully saturated rings. The lowest BCUT2D eigenvalue weighted by molar-refractivity contribution is -0.119. The summed E-state index contributed by atoms with van der Waals surface area (Å²) in [6, 6.07) is 5.54. The standard InChI is InChI=1S/C13H15BrN4O/c1-2-16-12(19)7-17-11-4-3-10(15)9-5-8(14)6-18-13(9)11/h3-6,17H,2,7,15H2,1H3,(H,16,19). The summed E-state index contributed by atoms with van der Waals surface area (Å²) in [7, 11) is 0. The number of pyridine rings is 1. The van der Waals surface area contributed by atoms with Gasteiger partial charge in [0.1, 0.15) is 0 Å². The summed E-state index contributed by atoms with van der Waals surface area (Å²) in [4.78, 5) is 15.8. The van der Waals surface area contributed by atoms with Crippen LogP contribution in [0.5, 0.6) is 0 Å². The molecule has 0 atom stereocenters. The highest BCUT2D eigenvalue weighted by Gasteiger charge is 2.07. The first-order valence-electron chi connectivity index (χ1n) is 5.96. The van der Waals surface area contributed by atoms with Crippen molar-refractivity contribution in [3.05, 3.63) is 28.9 Å². The second-order valence-corrected chi connectivity index (χ2v) is 4.97. The van der Waals surface area contributed by atoms with E-state index in [0.717, 1.165) is 21.1 Å². The summed E-state index contributed by atoms with van der Waals surface area (Å²) in [5, 5.41) is 6.66. The lowest BCUT2D eigenvalue weighted by atomic mass is 10.1. The number of nitrogens with one attached hydrogen (secondary N) is 2. The maximum Gasteiger partial charge on any atom is 0.239 e. The fourth-order valence-electron chi connectivity index (χ4n) is 1.79. The molecule has 5 nitrogen and oxygen atoms in total. The molecule has 0 unspecified atom stereocenters. The zero-order chi connectivity index (χ0) is 13.8. The second-order valence-electron chi connectivity index (χ2n) is 4.06. The lowest BCUT2D eigenvalue weighted by Gasteiger charge is -2.10. The quantitative estimate of drug-likeness (QED) is 0.753. The Balaban J connectivity index is 2.29. The van der Waals surface area contributed by atoms with Crippen molar-refractivity contribution in [1.29, 1.82) is 0 Å². The van der Waals surface area contributed by atoms with E-state index >= 15 is 0 Å². The van der Waals surface area contributed by atoms with Gasteiger partial charge in [-0.1, -0.05) is 0 Å². The molecule has 0 saturated heterocycles. The zero-order valence-electron chi connectivity index (χ0n) is 10.5. The summed E-state index contributed by atoms with van der Waals surface area (Å²) in [6.45, 7) is 2.72. The van der Waals surface area contributed by atoms with E-state index in [1.54, 1.807) is 12.3 Å². The number of halogens is 1. The Bertz CT molecular complexity index is 615. The van der Waals surface area contributed by atoms with Crippen LogP contribution < -0.4 is 16.4 Å². The number of aromatic nitrogens is 1. The average Bonchev–Trinajstić information content (AvgIpc) is 2.39. The van der Waals surface area contributed by atoms with Crippen molar-refractivity contribution in [3.63, 3.8) is 0 Å². The van der Waals surface area contributed by atoms with Gasteiger partial charge in [0.25, 0.3) is 0 Å². The number of nitrogens with zero attached hydrogens (tertiary/aromatic N) is 1. The van der Waals surface area contributed by atoms with Gasteiger partial charge in [-0.05, 0) is 41.1 Å². The molecule has 6 heteroatoms. The van der Waals surface area contributed by atoms with Gasteiger partial charge in [0, 0.05) is 28.3 Å². The molecule has 0 aliphatic carbocycles. The van der Waals surface area contributed by atoms with E-state index in [1.807, 2.05) is 19.1 Å². The van der Waals surface area contributed by atoms with E-state index in [4.69, 9.17) is 5.73 Å². The highest BCUT2D eigenvalue weighted by Crippen LogP contribution is 2.28. The number of amides is 1. The summed E-state index contributed by atoms with van der Waals surface area (Å²) < 4.78 is 0.868. The molecule has 0 aliphatic rings. The molecule has 2 aromatic rings. The van der Waals surface area contributed by atoms with Crippen LogP contribution in [0.4, 0.5) is 11.4 Å². The van der Waals surface area contributed by atoms with Crippen LogP contribution in [-0.4, -0.2) is 24.0 Å². The molecule has 100 valence electrons. The number of nitrogen functional groups attached to an aromatic ring is 1. The van der Waals surface area contributed by atoms with E-state index in [9.17, 15) is 4.79 Å².